The van der Waals surface area contributed by atoms with Crippen molar-refractivity contribution in [3.05, 3.63) is 30.1 Å². The Morgan fingerprint density at radius 3 is 2.75 bits per heavy atom. The molecule has 0 radical (unpaired) electrons. The maximum Gasteiger partial charge on any atom is 0.337 e. The van der Waals surface area contributed by atoms with E-state index in [4.69, 9.17) is 0 Å². The van der Waals surface area contributed by atoms with Crippen molar-refractivity contribution < 1.29 is 9.90 Å². The predicted molar refractivity (Wildman–Crippen MR) is 74.9 cm³/mol. The quantitative estimate of drug-likeness (QED) is 0.907. The lowest BCUT2D eigenvalue weighted by Crippen LogP contribution is -2.47. The molecular formula is C15H17N3O2. The fourth-order valence-corrected chi connectivity index (χ4v) is 3.74. The van der Waals surface area contributed by atoms with Crippen molar-refractivity contribution >= 4 is 17.0 Å². The fourth-order valence-electron chi connectivity index (χ4n) is 3.74. The fraction of sp³-hybridized carbons (Fsp3) is 0.467. The van der Waals surface area contributed by atoms with Crippen LogP contribution in [0.3, 0.4) is 0 Å². The van der Waals surface area contributed by atoms with E-state index in [0.29, 0.717) is 23.0 Å². The average molecular weight is 271 g/mol. The number of benzene rings is 1. The van der Waals surface area contributed by atoms with E-state index in [1.165, 1.54) is 25.9 Å². The van der Waals surface area contributed by atoms with Crippen LogP contribution in [0.2, 0.25) is 0 Å². The molecule has 5 heteroatoms. The monoisotopic (exact) mass is 271 g/mol. The number of aromatic carboxylic acids is 1. The van der Waals surface area contributed by atoms with Gasteiger partial charge in [-0.1, -0.05) is 6.07 Å². The molecule has 104 valence electrons. The van der Waals surface area contributed by atoms with Crippen LogP contribution in [0, 0.1) is 5.92 Å². The van der Waals surface area contributed by atoms with Crippen molar-refractivity contribution in [3.63, 3.8) is 0 Å². The van der Waals surface area contributed by atoms with Crippen molar-refractivity contribution in [1.29, 1.82) is 0 Å². The molecule has 1 atom stereocenters. The number of imidazole rings is 1. The highest BCUT2D eigenvalue weighted by molar-refractivity contribution is 6.00. The number of carbonyl (C=O) groups is 1. The number of carboxylic acid groups (broad SMARTS) is 1. The lowest BCUT2D eigenvalue weighted by atomic mass is 9.84. The molecule has 1 aromatic heterocycles. The summed E-state index contributed by atoms with van der Waals surface area (Å²) in [5.41, 5.74) is 1.85. The average Bonchev–Trinajstić information content (AvgIpc) is 2.91. The molecule has 0 spiro atoms. The molecule has 5 rings (SSSR count). The van der Waals surface area contributed by atoms with Crippen LogP contribution in [-0.2, 0) is 0 Å². The summed E-state index contributed by atoms with van der Waals surface area (Å²) in [5, 5.41) is 9.25. The highest BCUT2D eigenvalue weighted by Crippen LogP contribution is 2.37. The largest absolute Gasteiger partial charge is 0.478 e. The van der Waals surface area contributed by atoms with Crippen molar-refractivity contribution in [2.45, 2.75) is 18.9 Å². The first kappa shape index (κ1) is 11.9. The lowest BCUT2D eigenvalue weighted by Gasteiger charge is -2.45. The molecule has 3 aliphatic heterocycles. The zero-order valence-corrected chi connectivity index (χ0v) is 11.2. The molecule has 3 saturated heterocycles. The lowest BCUT2D eigenvalue weighted by molar-refractivity contribution is 0.0588. The van der Waals surface area contributed by atoms with Gasteiger partial charge in [0.25, 0.3) is 0 Å². The van der Waals surface area contributed by atoms with E-state index in [2.05, 4.69) is 14.5 Å². The number of aromatic nitrogens is 2. The minimum absolute atomic E-state index is 0.294. The molecule has 1 N–H and O–H groups in total. The first-order chi connectivity index (χ1) is 9.74. The Hall–Kier alpha value is -1.88. The Labute approximate surface area is 116 Å². The summed E-state index contributed by atoms with van der Waals surface area (Å²) in [6, 6.07) is 5.85. The summed E-state index contributed by atoms with van der Waals surface area (Å²) in [5.74, 6) is -0.208. The molecule has 3 aliphatic rings. The van der Waals surface area contributed by atoms with Gasteiger partial charge in [0, 0.05) is 6.54 Å². The van der Waals surface area contributed by atoms with E-state index in [9.17, 15) is 9.90 Å². The van der Waals surface area contributed by atoms with E-state index in [1.54, 1.807) is 6.07 Å². The van der Waals surface area contributed by atoms with Crippen LogP contribution in [0.5, 0.6) is 0 Å². The van der Waals surface area contributed by atoms with Gasteiger partial charge in [0.05, 0.1) is 23.4 Å². The summed E-state index contributed by atoms with van der Waals surface area (Å²) in [6.45, 7) is 3.47. The predicted octanol–water partition coefficient (Wildman–Crippen LogP) is 2.00. The zero-order chi connectivity index (χ0) is 13.7. The maximum absolute atomic E-state index is 11.3. The van der Waals surface area contributed by atoms with E-state index in [0.717, 1.165) is 12.1 Å². The maximum atomic E-state index is 11.3. The topological polar surface area (TPSA) is 58.4 Å². The molecular weight excluding hydrogens is 254 g/mol. The third kappa shape index (κ3) is 1.66. The normalized spacial score (nSPS) is 28.9. The van der Waals surface area contributed by atoms with Crippen molar-refractivity contribution in [1.82, 2.24) is 14.5 Å². The van der Waals surface area contributed by atoms with Gasteiger partial charge in [0.15, 0.2) is 0 Å². The van der Waals surface area contributed by atoms with Gasteiger partial charge in [-0.2, -0.15) is 0 Å². The number of para-hydroxylation sites is 1. The molecule has 0 saturated carbocycles. The molecule has 0 aliphatic carbocycles. The molecule has 0 amide bonds. The van der Waals surface area contributed by atoms with Gasteiger partial charge >= 0.3 is 5.97 Å². The first-order valence-corrected chi connectivity index (χ1v) is 7.15. The Morgan fingerprint density at radius 1 is 1.30 bits per heavy atom. The van der Waals surface area contributed by atoms with Gasteiger partial charge in [-0.15, -0.1) is 0 Å². The minimum atomic E-state index is -0.908. The highest BCUT2D eigenvalue weighted by atomic mass is 16.4. The second kappa shape index (κ2) is 4.31. The smallest absolute Gasteiger partial charge is 0.337 e. The third-order valence-corrected chi connectivity index (χ3v) is 4.81. The molecule has 5 nitrogen and oxygen atoms in total. The summed E-state index contributed by atoms with van der Waals surface area (Å²) in [7, 11) is 0. The number of nitrogens with zero attached hydrogens (tertiary/aromatic N) is 3. The molecule has 4 heterocycles. The first-order valence-electron chi connectivity index (χ1n) is 7.15. The Kier molecular flexibility index (Phi) is 2.57. The van der Waals surface area contributed by atoms with Gasteiger partial charge in [-0.05, 0) is 44.0 Å². The van der Waals surface area contributed by atoms with Crippen molar-refractivity contribution in [2.75, 3.05) is 19.6 Å². The van der Waals surface area contributed by atoms with Gasteiger partial charge in [0.1, 0.15) is 5.52 Å². The van der Waals surface area contributed by atoms with E-state index < -0.39 is 5.97 Å². The SMILES string of the molecule is O=C(O)c1cccc2c1ncn2C1CN2CCC1CC2. The van der Waals surface area contributed by atoms with Crippen LogP contribution in [0.4, 0.5) is 0 Å². The summed E-state index contributed by atoms with van der Waals surface area (Å²) >= 11 is 0. The number of piperidine rings is 3. The second-order valence-electron chi connectivity index (χ2n) is 5.84. The van der Waals surface area contributed by atoms with Crippen LogP contribution >= 0.6 is 0 Å². The Balaban J connectivity index is 1.81. The van der Waals surface area contributed by atoms with Gasteiger partial charge in [-0.3, -0.25) is 0 Å². The summed E-state index contributed by atoms with van der Waals surface area (Å²) < 4.78 is 2.19. The van der Waals surface area contributed by atoms with Crippen LogP contribution < -0.4 is 0 Å². The van der Waals surface area contributed by atoms with E-state index in [1.807, 2.05) is 18.5 Å². The number of fused-ring (bicyclic) bond motifs is 4. The molecule has 1 aromatic carbocycles. The highest BCUT2D eigenvalue weighted by Gasteiger charge is 2.35. The number of rotatable bonds is 2. The Bertz CT molecular complexity index is 671. The number of hydrogen-bond acceptors (Lipinski definition) is 3. The zero-order valence-electron chi connectivity index (χ0n) is 11.2. The third-order valence-electron chi connectivity index (χ3n) is 4.81. The number of carboxylic acids is 1. The summed E-state index contributed by atoms with van der Waals surface area (Å²) in [6.07, 6.45) is 4.30. The number of hydrogen-bond donors (Lipinski definition) is 1. The molecule has 1 unspecified atom stereocenters. The van der Waals surface area contributed by atoms with Crippen LogP contribution in [0.1, 0.15) is 29.2 Å². The second-order valence-corrected chi connectivity index (χ2v) is 5.84. The standard InChI is InChI=1S/C15H17N3O2/c19-15(20)11-2-1-3-12-14(11)16-9-18(12)13-8-17-6-4-10(13)5-7-17/h1-3,9-10,13H,4-8H2,(H,19,20). The van der Waals surface area contributed by atoms with Gasteiger partial charge in [-0.25, -0.2) is 9.78 Å². The van der Waals surface area contributed by atoms with Crippen molar-refractivity contribution in [3.8, 4) is 0 Å². The summed E-state index contributed by atoms with van der Waals surface area (Å²) in [4.78, 5) is 18.1. The van der Waals surface area contributed by atoms with Gasteiger partial charge in [0.2, 0.25) is 0 Å². The van der Waals surface area contributed by atoms with E-state index in [-0.39, 0.29) is 0 Å². The van der Waals surface area contributed by atoms with Crippen LogP contribution in [-0.4, -0.2) is 45.2 Å². The van der Waals surface area contributed by atoms with Crippen LogP contribution in [0.15, 0.2) is 24.5 Å². The molecule has 20 heavy (non-hydrogen) atoms. The Morgan fingerprint density at radius 2 is 2.10 bits per heavy atom. The molecule has 3 fully saturated rings. The van der Waals surface area contributed by atoms with Crippen molar-refractivity contribution in [2.24, 2.45) is 5.92 Å². The van der Waals surface area contributed by atoms with Gasteiger partial charge < -0.3 is 14.6 Å². The van der Waals surface area contributed by atoms with Crippen LogP contribution in [0.25, 0.3) is 11.0 Å². The molecule has 2 aromatic rings. The van der Waals surface area contributed by atoms with E-state index >= 15 is 0 Å². The minimum Gasteiger partial charge on any atom is -0.478 e. The molecule has 2 bridgehead atoms.